The van der Waals surface area contributed by atoms with Gasteiger partial charge in [0.1, 0.15) is 18.0 Å². The summed E-state index contributed by atoms with van der Waals surface area (Å²) in [5.74, 6) is 0.725. The zero-order valence-electron chi connectivity index (χ0n) is 6.84. The molecule has 0 fully saturated rings. The highest BCUT2D eigenvalue weighted by atomic mass is 79.9. The van der Waals surface area contributed by atoms with Gasteiger partial charge in [0.2, 0.25) is 6.41 Å². The van der Waals surface area contributed by atoms with Gasteiger partial charge in [0.25, 0.3) is 0 Å². The van der Waals surface area contributed by atoms with E-state index in [1.807, 2.05) is 0 Å². The molecular formula is C8H9BrN2O2. The van der Waals surface area contributed by atoms with Gasteiger partial charge < -0.3 is 9.64 Å². The van der Waals surface area contributed by atoms with Crippen molar-refractivity contribution in [1.82, 2.24) is 4.98 Å². The second-order valence-electron chi connectivity index (χ2n) is 2.49. The van der Waals surface area contributed by atoms with E-state index in [0.29, 0.717) is 13.2 Å². The average molecular weight is 245 g/mol. The summed E-state index contributed by atoms with van der Waals surface area (Å²) in [6.45, 7) is 1.15. The lowest BCUT2D eigenvalue weighted by atomic mass is 10.3. The van der Waals surface area contributed by atoms with Crippen molar-refractivity contribution in [2.75, 3.05) is 18.1 Å². The first kappa shape index (κ1) is 9.98. The molecule has 4 nitrogen and oxygen atoms in total. The lowest BCUT2D eigenvalue weighted by Crippen LogP contribution is -2.31. The molecule has 0 N–H and O–H groups in total. The zero-order valence-corrected chi connectivity index (χ0v) is 8.56. The van der Waals surface area contributed by atoms with Crippen molar-refractivity contribution in [1.29, 1.82) is 0 Å². The molecule has 1 aromatic rings. The van der Waals surface area contributed by atoms with E-state index in [-0.39, 0.29) is 17.0 Å². The molecule has 0 atom stereocenters. The van der Waals surface area contributed by atoms with Crippen molar-refractivity contribution >= 4 is 29.1 Å². The van der Waals surface area contributed by atoms with Crippen molar-refractivity contribution in [3.8, 4) is 5.75 Å². The molecule has 0 aliphatic carbocycles. The van der Waals surface area contributed by atoms with Gasteiger partial charge in [0, 0.05) is 12.3 Å². The lowest BCUT2D eigenvalue weighted by molar-refractivity contribution is -0.107. The molecule has 5 heteroatoms. The molecule has 2 heterocycles. The first-order chi connectivity index (χ1) is 5.92. The van der Waals surface area contributed by atoms with Crippen LogP contribution in [0.25, 0.3) is 0 Å². The summed E-state index contributed by atoms with van der Waals surface area (Å²) in [7, 11) is 0. The van der Waals surface area contributed by atoms with Gasteiger partial charge in [0.15, 0.2) is 0 Å². The van der Waals surface area contributed by atoms with Crippen LogP contribution in [0.4, 0.5) is 5.69 Å². The molecule has 0 spiro atoms. The van der Waals surface area contributed by atoms with Crippen LogP contribution < -0.4 is 9.64 Å². The lowest BCUT2D eigenvalue weighted by Gasteiger charge is -2.25. The number of hydrogen-bond acceptors (Lipinski definition) is 3. The average Bonchev–Trinajstić information content (AvgIpc) is 2.17. The van der Waals surface area contributed by atoms with Gasteiger partial charge in [-0.25, -0.2) is 0 Å². The number of aromatic nitrogens is 1. The van der Waals surface area contributed by atoms with Gasteiger partial charge in [-0.15, -0.1) is 17.0 Å². The van der Waals surface area contributed by atoms with Crippen LogP contribution in [0.15, 0.2) is 18.5 Å². The monoisotopic (exact) mass is 244 g/mol. The van der Waals surface area contributed by atoms with Crippen LogP contribution in [0, 0.1) is 0 Å². The molecule has 1 aliphatic heterocycles. The smallest absolute Gasteiger partial charge is 0.214 e. The van der Waals surface area contributed by atoms with Gasteiger partial charge in [-0.1, -0.05) is 0 Å². The number of halogens is 1. The van der Waals surface area contributed by atoms with Crippen LogP contribution >= 0.6 is 17.0 Å². The van der Waals surface area contributed by atoms with Crippen molar-refractivity contribution in [2.45, 2.75) is 0 Å². The number of pyridine rings is 1. The van der Waals surface area contributed by atoms with E-state index < -0.39 is 0 Å². The molecule has 0 bridgehead atoms. The van der Waals surface area contributed by atoms with E-state index in [4.69, 9.17) is 4.74 Å². The Kier molecular flexibility index (Phi) is 3.25. The molecular weight excluding hydrogens is 236 g/mol. The van der Waals surface area contributed by atoms with Crippen LogP contribution in [-0.2, 0) is 4.79 Å². The molecule has 70 valence electrons. The number of carbonyl (C=O) groups is 1. The molecule has 1 aromatic heterocycles. The summed E-state index contributed by atoms with van der Waals surface area (Å²) in [6.07, 6.45) is 4.07. The minimum atomic E-state index is 0. The Morgan fingerprint density at radius 1 is 1.62 bits per heavy atom. The molecule has 0 radical (unpaired) electrons. The van der Waals surface area contributed by atoms with E-state index in [1.54, 1.807) is 23.4 Å². The van der Waals surface area contributed by atoms with Gasteiger partial charge in [-0.05, 0) is 0 Å². The molecule has 0 saturated heterocycles. The molecule has 0 unspecified atom stereocenters. The van der Waals surface area contributed by atoms with Crippen molar-refractivity contribution in [3.05, 3.63) is 18.5 Å². The molecule has 2 rings (SSSR count). The zero-order chi connectivity index (χ0) is 8.39. The number of fused-ring (bicyclic) bond motifs is 1. The van der Waals surface area contributed by atoms with Crippen molar-refractivity contribution in [3.63, 3.8) is 0 Å². The number of ether oxygens (including phenoxy) is 1. The highest BCUT2D eigenvalue weighted by Crippen LogP contribution is 2.28. The minimum absolute atomic E-state index is 0. The summed E-state index contributed by atoms with van der Waals surface area (Å²) in [5.41, 5.74) is 0.749. The van der Waals surface area contributed by atoms with Gasteiger partial charge >= 0.3 is 0 Å². The molecule has 13 heavy (non-hydrogen) atoms. The van der Waals surface area contributed by atoms with E-state index >= 15 is 0 Å². The molecule has 1 amide bonds. The number of rotatable bonds is 1. The number of carbonyl (C=O) groups excluding carboxylic acids is 1. The van der Waals surface area contributed by atoms with E-state index in [1.165, 1.54) is 0 Å². The van der Waals surface area contributed by atoms with Crippen LogP contribution in [-0.4, -0.2) is 24.5 Å². The van der Waals surface area contributed by atoms with Crippen LogP contribution in [0.1, 0.15) is 0 Å². The predicted octanol–water partition coefficient (Wildman–Crippen LogP) is 1.01. The maximum Gasteiger partial charge on any atom is 0.214 e. The standard InChI is InChI=1S/C8H8N2O2.BrH/c11-6-10-3-4-12-8-1-2-9-5-7(8)10;/h1-2,5-6H,3-4H2;1H. The first-order valence-electron chi connectivity index (χ1n) is 3.70. The molecule has 1 aliphatic rings. The van der Waals surface area contributed by atoms with Gasteiger partial charge in [0.05, 0.1) is 12.7 Å². The Labute approximate surface area is 86.3 Å². The molecule has 0 aromatic carbocycles. The summed E-state index contributed by atoms with van der Waals surface area (Å²) in [4.78, 5) is 16.1. The third-order valence-electron chi connectivity index (χ3n) is 1.79. The van der Waals surface area contributed by atoms with E-state index in [0.717, 1.165) is 17.8 Å². The Bertz CT molecular complexity index is 306. The maximum absolute atomic E-state index is 10.6. The summed E-state index contributed by atoms with van der Waals surface area (Å²) < 4.78 is 5.31. The summed E-state index contributed by atoms with van der Waals surface area (Å²) in [5, 5.41) is 0. The fraction of sp³-hybridized carbons (Fsp3) is 0.250. The number of nitrogens with zero attached hydrogens (tertiary/aromatic N) is 2. The quantitative estimate of drug-likeness (QED) is 0.693. The van der Waals surface area contributed by atoms with Crippen LogP contribution in [0.3, 0.4) is 0 Å². The second kappa shape index (κ2) is 4.23. The third-order valence-corrected chi connectivity index (χ3v) is 1.79. The first-order valence-corrected chi connectivity index (χ1v) is 3.70. The number of amides is 1. The maximum atomic E-state index is 10.6. The largest absolute Gasteiger partial charge is 0.489 e. The summed E-state index contributed by atoms with van der Waals surface area (Å²) in [6, 6.07) is 1.75. The number of hydrogen-bond donors (Lipinski definition) is 0. The predicted molar refractivity (Wildman–Crippen MR) is 53.5 cm³/mol. The third kappa shape index (κ3) is 1.80. The van der Waals surface area contributed by atoms with E-state index in [2.05, 4.69) is 4.98 Å². The Balaban J connectivity index is 0.000000845. The Morgan fingerprint density at radius 3 is 3.23 bits per heavy atom. The summed E-state index contributed by atoms with van der Waals surface area (Å²) >= 11 is 0. The normalized spacial score (nSPS) is 13.7. The highest BCUT2D eigenvalue weighted by molar-refractivity contribution is 8.93. The van der Waals surface area contributed by atoms with Crippen LogP contribution in [0.5, 0.6) is 5.75 Å². The number of anilines is 1. The second-order valence-corrected chi connectivity index (χ2v) is 2.49. The minimum Gasteiger partial charge on any atom is -0.489 e. The molecule has 0 saturated carbocycles. The topological polar surface area (TPSA) is 42.4 Å². The highest BCUT2D eigenvalue weighted by Gasteiger charge is 2.16. The fourth-order valence-electron chi connectivity index (χ4n) is 1.20. The Morgan fingerprint density at radius 2 is 2.46 bits per heavy atom. The van der Waals surface area contributed by atoms with Gasteiger partial charge in [-0.3, -0.25) is 9.78 Å². The van der Waals surface area contributed by atoms with Crippen molar-refractivity contribution in [2.24, 2.45) is 0 Å². The van der Waals surface area contributed by atoms with Crippen molar-refractivity contribution < 1.29 is 9.53 Å². The Hall–Kier alpha value is -1.10. The SMILES string of the molecule is Br.O=CN1CCOc2ccncc21. The van der Waals surface area contributed by atoms with Crippen LogP contribution in [0.2, 0.25) is 0 Å². The fourth-order valence-corrected chi connectivity index (χ4v) is 1.20. The van der Waals surface area contributed by atoms with Gasteiger partial charge in [-0.2, -0.15) is 0 Å². The van der Waals surface area contributed by atoms with E-state index in [9.17, 15) is 4.79 Å².